The van der Waals surface area contributed by atoms with Gasteiger partial charge in [-0.25, -0.2) is 0 Å². The first-order valence-corrected chi connectivity index (χ1v) is 7.79. The van der Waals surface area contributed by atoms with Gasteiger partial charge in [0.25, 0.3) is 0 Å². The Kier molecular flexibility index (Phi) is 4.85. The molecule has 0 aliphatic heterocycles. The third-order valence-electron chi connectivity index (χ3n) is 5.17. The van der Waals surface area contributed by atoms with Crippen molar-refractivity contribution in [2.75, 3.05) is 13.1 Å². The van der Waals surface area contributed by atoms with E-state index in [1.807, 2.05) is 0 Å². The van der Waals surface area contributed by atoms with Gasteiger partial charge in [-0.05, 0) is 56.9 Å². The molecule has 0 saturated heterocycles. The zero-order valence-electron chi connectivity index (χ0n) is 12.2. The first-order chi connectivity index (χ1) is 8.66. The molecular formula is C16H30N2. The number of rotatable bonds is 5. The third-order valence-corrected chi connectivity index (χ3v) is 5.17. The first kappa shape index (κ1) is 14.1. The fraction of sp³-hybridized carbons (Fsp3) is 0.875. The second kappa shape index (κ2) is 6.21. The first-order valence-electron chi connectivity index (χ1n) is 7.79. The van der Waals surface area contributed by atoms with E-state index in [9.17, 15) is 0 Å². The quantitative estimate of drug-likeness (QED) is 0.735. The van der Waals surface area contributed by atoms with Crippen molar-refractivity contribution in [2.45, 2.75) is 64.3 Å². The van der Waals surface area contributed by atoms with E-state index in [0.29, 0.717) is 0 Å². The highest BCUT2D eigenvalue weighted by Crippen LogP contribution is 2.36. The van der Waals surface area contributed by atoms with E-state index < -0.39 is 0 Å². The fourth-order valence-corrected chi connectivity index (χ4v) is 3.78. The highest BCUT2D eigenvalue weighted by Gasteiger charge is 2.38. The lowest BCUT2D eigenvalue weighted by atomic mass is 9.69. The highest BCUT2D eigenvalue weighted by molar-refractivity contribution is 5.08. The molecule has 2 heteroatoms. The van der Waals surface area contributed by atoms with Gasteiger partial charge in [0.15, 0.2) is 0 Å². The Hall–Kier alpha value is -0.340. The fourth-order valence-electron chi connectivity index (χ4n) is 3.78. The van der Waals surface area contributed by atoms with Crippen LogP contribution >= 0.6 is 0 Å². The second-order valence-corrected chi connectivity index (χ2v) is 6.58. The van der Waals surface area contributed by atoms with Gasteiger partial charge in [0, 0.05) is 12.1 Å². The molecule has 0 aromatic heterocycles. The molecule has 0 radical (unpaired) electrons. The molecule has 0 bridgehead atoms. The van der Waals surface area contributed by atoms with Crippen LogP contribution in [0.15, 0.2) is 11.6 Å². The van der Waals surface area contributed by atoms with Crippen molar-refractivity contribution >= 4 is 0 Å². The maximum Gasteiger partial charge on any atom is 0.0332 e. The van der Waals surface area contributed by atoms with Crippen LogP contribution in [-0.2, 0) is 0 Å². The van der Waals surface area contributed by atoms with Crippen LogP contribution in [0.2, 0.25) is 0 Å². The Morgan fingerprint density at radius 2 is 2.22 bits per heavy atom. The molecule has 2 nitrogen and oxygen atoms in total. The second-order valence-electron chi connectivity index (χ2n) is 6.58. The molecule has 1 fully saturated rings. The molecule has 0 spiro atoms. The maximum atomic E-state index is 6.11. The summed E-state index contributed by atoms with van der Waals surface area (Å²) in [5, 5.41) is 3.83. The zero-order chi connectivity index (χ0) is 13.0. The van der Waals surface area contributed by atoms with Crippen LogP contribution in [0, 0.1) is 11.8 Å². The van der Waals surface area contributed by atoms with Gasteiger partial charge in [-0.1, -0.05) is 31.9 Å². The zero-order valence-corrected chi connectivity index (χ0v) is 12.2. The number of allylic oxidation sites excluding steroid dienone is 1. The predicted octanol–water partition coefficient (Wildman–Crippen LogP) is 3.23. The van der Waals surface area contributed by atoms with E-state index in [1.165, 1.54) is 44.9 Å². The summed E-state index contributed by atoms with van der Waals surface area (Å²) >= 11 is 0. The number of nitrogens with one attached hydrogen (secondary N) is 1. The molecule has 2 rings (SSSR count). The maximum absolute atomic E-state index is 6.11. The molecule has 3 atom stereocenters. The Labute approximate surface area is 112 Å². The molecule has 2 aliphatic carbocycles. The predicted molar refractivity (Wildman–Crippen MR) is 78.5 cm³/mol. The Morgan fingerprint density at radius 3 is 2.89 bits per heavy atom. The minimum absolute atomic E-state index is 0.205. The van der Waals surface area contributed by atoms with Crippen molar-refractivity contribution < 1.29 is 0 Å². The Morgan fingerprint density at radius 1 is 1.39 bits per heavy atom. The molecule has 2 aliphatic rings. The third kappa shape index (κ3) is 3.16. The van der Waals surface area contributed by atoms with Crippen LogP contribution in [0.1, 0.15) is 58.8 Å². The highest BCUT2D eigenvalue weighted by atomic mass is 15.0. The van der Waals surface area contributed by atoms with Crippen LogP contribution in [0.4, 0.5) is 0 Å². The molecular weight excluding hydrogens is 220 g/mol. The van der Waals surface area contributed by atoms with Crippen molar-refractivity contribution in [1.82, 2.24) is 5.32 Å². The van der Waals surface area contributed by atoms with E-state index >= 15 is 0 Å². The average Bonchev–Trinajstić information content (AvgIpc) is 2.87. The molecule has 1 saturated carbocycles. The van der Waals surface area contributed by atoms with E-state index in [0.717, 1.165) is 24.9 Å². The van der Waals surface area contributed by atoms with E-state index in [2.05, 4.69) is 25.2 Å². The van der Waals surface area contributed by atoms with Gasteiger partial charge in [0.1, 0.15) is 0 Å². The normalized spacial score (nSPS) is 36.7. The molecule has 0 aromatic rings. The van der Waals surface area contributed by atoms with Crippen molar-refractivity contribution in [2.24, 2.45) is 17.6 Å². The number of nitrogens with two attached hydrogens (primary N) is 1. The van der Waals surface area contributed by atoms with Crippen LogP contribution in [-0.4, -0.2) is 18.6 Å². The summed E-state index contributed by atoms with van der Waals surface area (Å²) in [6.07, 6.45) is 11.6. The van der Waals surface area contributed by atoms with Crippen LogP contribution < -0.4 is 11.1 Å². The van der Waals surface area contributed by atoms with Gasteiger partial charge in [-0.3, -0.25) is 0 Å². The van der Waals surface area contributed by atoms with Crippen LogP contribution in [0.3, 0.4) is 0 Å². The van der Waals surface area contributed by atoms with Crippen molar-refractivity contribution in [3.8, 4) is 0 Å². The minimum Gasteiger partial charge on any atom is -0.329 e. The standard InChI is InChI=1S/C16H30N2/c1-13-7-8-14(2)16(11-13,12-17)18-10-9-15-5-3-4-6-15/h5,13-14,18H,3-4,6-12,17H2,1-2H3. The van der Waals surface area contributed by atoms with E-state index in [4.69, 9.17) is 5.73 Å². The number of hydrogen-bond donors (Lipinski definition) is 2. The lowest BCUT2D eigenvalue weighted by Gasteiger charge is -2.45. The van der Waals surface area contributed by atoms with Gasteiger partial charge in [-0.15, -0.1) is 0 Å². The topological polar surface area (TPSA) is 38.0 Å². The molecule has 3 unspecified atom stereocenters. The Balaban J connectivity index is 1.86. The average molecular weight is 250 g/mol. The molecule has 0 heterocycles. The summed E-state index contributed by atoms with van der Waals surface area (Å²) in [6.45, 7) is 6.65. The smallest absolute Gasteiger partial charge is 0.0332 e. The van der Waals surface area contributed by atoms with E-state index in [1.54, 1.807) is 5.57 Å². The summed E-state index contributed by atoms with van der Waals surface area (Å²) in [5.41, 5.74) is 7.97. The number of hydrogen-bond acceptors (Lipinski definition) is 2. The van der Waals surface area contributed by atoms with Crippen LogP contribution in [0.5, 0.6) is 0 Å². The molecule has 3 N–H and O–H groups in total. The molecule has 104 valence electrons. The summed E-state index contributed by atoms with van der Waals surface area (Å²) in [4.78, 5) is 0. The SMILES string of the molecule is CC1CCC(C)C(CN)(NCCC2=CCCC2)C1. The summed E-state index contributed by atoms with van der Waals surface area (Å²) in [5.74, 6) is 1.54. The molecule has 0 amide bonds. The Bertz CT molecular complexity index is 297. The summed E-state index contributed by atoms with van der Waals surface area (Å²) in [7, 11) is 0. The van der Waals surface area contributed by atoms with Gasteiger partial charge >= 0.3 is 0 Å². The van der Waals surface area contributed by atoms with Gasteiger partial charge in [0.2, 0.25) is 0 Å². The minimum atomic E-state index is 0.205. The monoisotopic (exact) mass is 250 g/mol. The summed E-state index contributed by atoms with van der Waals surface area (Å²) in [6, 6.07) is 0. The molecule has 0 aromatic carbocycles. The van der Waals surface area contributed by atoms with Gasteiger partial charge in [0.05, 0.1) is 0 Å². The van der Waals surface area contributed by atoms with Gasteiger partial charge in [-0.2, -0.15) is 0 Å². The van der Waals surface area contributed by atoms with Crippen molar-refractivity contribution in [3.05, 3.63) is 11.6 Å². The summed E-state index contributed by atoms with van der Waals surface area (Å²) < 4.78 is 0. The lowest BCUT2D eigenvalue weighted by molar-refractivity contribution is 0.127. The van der Waals surface area contributed by atoms with Crippen LogP contribution in [0.25, 0.3) is 0 Å². The largest absolute Gasteiger partial charge is 0.329 e. The van der Waals surface area contributed by atoms with E-state index in [-0.39, 0.29) is 5.54 Å². The van der Waals surface area contributed by atoms with Crippen molar-refractivity contribution in [3.63, 3.8) is 0 Å². The lowest BCUT2D eigenvalue weighted by Crippen LogP contribution is -2.58. The molecule has 18 heavy (non-hydrogen) atoms. The van der Waals surface area contributed by atoms with Gasteiger partial charge < -0.3 is 11.1 Å². The van der Waals surface area contributed by atoms with Crippen molar-refractivity contribution in [1.29, 1.82) is 0 Å².